The topological polar surface area (TPSA) is 96.0 Å². The molecule has 4 rings (SSSR count). The summed E-state index contributed by atoms with van der Waals surface area (Å²) in [6, 6.07) is 26.3. The number of anilines is 1. The Bertz CT molecular complexity index is 1750. The van der Waals surface area contributed by atoms with E-state index in [2.05, 4.69) is 5.32 Å². The van der Waals surface area contributed by atoms with Crippen molar-refractivity contribution in [2.24, 2.45) is 0 Å². The normalized spacial score (nSPS) is 11.8. The molecular weight excluding hydrogens is 645 g/mol. The van der Waals surface area contributed by atoms with Gasteiger partial charge in [0.2, 0.25) is 11.8 Å². The van der Waals surface area contributed by atoms with Crippen molar-refractivity contribution in [1.29, 1.82) is 0 Å². The van der Waals surface area contributed by atoms with Crippen LogP contribution in [0.1, 0.15) is 30.5 Å². The van der Waals surface area contributed by atoms with Crippen LogP contribution in [0.2, 0.25) is 10.0 Å². The summed E-state index contributed by atoms with van der Waals surface area (Å²) in [6.07, 6.45) is 0.184. The minimum atomic E-state index is -4.28. The van der Waals surface area contributed by atoms with Gasteiger partial charge in [0.25, 0.3) is 10.0 Å². The molecule has 0 fully saturated rings. The number of nitrogens with zero attached hydrogens (tertiary/aromatic N) is 2. The third-order valence-corrected chi connectivity index (χ3v) is 9.66. The summed E-state index contributed by atoms with van der Waals surface area (Å²) < 4.78 is 35.4. The predicted molar refractivity (Wildman–Crippen MR) is 183 cm³/mol. The molecule has 4 aromatic carbocycles. The Morgan fingerprint density at radius 2 is 1.57 bits per heavy atom. The molecule has 1 N–H and O–H groups in total. The Morgan fingerprint density at radius 3 is 2.22 bits per heavy atom. The van der Waals surface area contributed by atoms with Gasteiger partial charge in [-0.15, -0.1) is 0 Å². The molecule has 0 heterocycles. The molecule has 46 heavy (non-hydrogen) atoms. The lowest BCUT2D eigenvalue weighted by Gasteiger charge is -2.34. The number of para-hydroxylation sites is 2. The number of aryl methyl sites for hydroxylation is 1. The minimum Gasteiger partial charge on any atom is -0.492 e. The molecule has 2 amide bonds. The van der Waals surface area contributed by atoms with Crippen molar-refractivity contribution in [3.8, 4) is 5.75 Å². The number of rotatable bonds is 14. The average Bonchev–Trinajstić information content (AvgIpc) is 3.03. The Kier molecular flexibility index (Phi) is 12.1. The second-order valence-corrected chi connectivity index (χ2v) is 13.3. The van der Waals surface area contributed by atoms with Gasteiger partial charge in [-0.25, -0.2) is 8.42 Å². The zero-order chi connectivity index (χ0) is 33.3. The SMILES string of the molecule is CCNC(=O)C(Cc1ccccc1)N(Cc1ccc(Cl)cc1Cl)C(=O)CN(c1ccccc1OCC)S(=O)(=O)c1ccc(C)cc1. The molecule has 0 saturated carbocycles. The van der Waals surface area contributed by atoms with Gasteiger partial charge in [0.1, 0.15) is 18.3 Å². The first kappa shape index (κ1) is 34.8. The third-order valence-electron chi connectivity index (χ3n) is 7.30. The third kappa shape index (κ3) is 8.60. The fourth-order valence-corrected chi connectivity index (χ4v) is 6.86. The zero-order valence-corrected chi connectivity index (χ0v) is 28.3. The van der Waals surface area contributed by atoms with Gasteiger partial charge in [0.05, 0.1) is 17.2 Å². The van der Waals surface area contributed by atoms with Crippen LogP contribution >= 0.6 is 23.2 Å². The number of likely N-dealkylation sites (N-methyl/N-ethyl adjacent to an activating group) is 1. The lowest BCUT2D eigenvalue weighted by Crippen LogP contribution is -2.53. The molecule has 0 aromatic heterocycles. The van der Waals surface area contributed by atoms with Crippen LogP contribution in [0.3, 0.4) is 0 Å². The van der Waals surface area contributed by atoms with Crippen LogP contribution in [0.5, 0.6) is 5.75 Å². The van der Waals surface area contributed by atoms with Crippen molar-refractivity contribution in [3.05, 3.63) is 124 Å². The molecule has 4 aromatic rings. The number of benzene rings is 4. The molecule has 0 radical (unpaired) electrons. The van der Waals surface area contributed by atoms with E-state index in [-0.39, 0.29) is 36.1 Å². The molecule has 11 heteroatoms. The first-order valence-electron chi connectivity index (χ1n) is 14.9. The van der Waals surface area contributed by atoms with Crippen LogP contribution in [0.4, 0.5) is 5.69 Å². The molecule has 8 nitrogen and oxygen atoms in total. The van der Waals surface area contributed by atoms with Crippen LogP contribution in [-0.4, -0.2) is 50.9 Å². The van der Waals surface area contributed by atoms with Crippen LogP contribution in [0.15, 0.2) is 102 Å². The van der Waals surface area contributed by atoms with Gasteiger partial charge in [-0.1, -0.05) is 89.4 Å². The smallest absolute Gasteiger partial charge is 0.264 e. The van der Waals surface area contributed by atoms with E-state index in [0.717, 1.165) is 15.4 Å². The van der Waals surface area contributed by atoms with Crippen LogP contribution < -0.4 is 14.4 Å². The molecule has 242 valence electrons. The summed E-state index contributed by atoms with van der Waals surface area (Å²) in [5, 5.41) is 3.57. The van der Waals surface area contributed by atoms with Crippen molar-refractivity contribution < 1.29 is 22.7 Å². The number of ether oxygens (including phenoxy) is 1. The molecule has 0 saturated heterocycles. The summed E-state index contributed by atoms with van der Waals surface area (Å²) in [7, 11) is -4.28. The fraction of sp³-hybridized carbons (Fsp3) is 0.257. The number of carbonyl (C=O) groups excluding carboxylic acids is 2. The van der Waals surface area contributed by atoms with E-state index < -0.39 is 28.5 Å². The Morgan fingerprint density at radius 1 is 0.891 bits per heavy atom. The highest BCUT2D eigenvalue weighted by Gasteiger charge is 2.35. The molecule has 0 spiro atoms. The average molecular weight is 683 g/mol. The zero-order valence-electron chi connectivity index (χ0n) is 26.0. The summed E-state index contributed by atoms with van der Waals surface area (Å²) >= 11 is 12.7. The summed E-state index contributed by atoms with van der Waals surface area (Å²) in [5.74, 6) is -0.696. The highest BCUT2D eigenvalue weighted by Crippen LogP contribution is 2.33. The molecule has 0 aliphatic rings. The van der Waals surface area contributed by atoms with Gasteiger partial charge in [-0.3, -0.25) is 13.9 Å². The highest BCUT2D eigenvalue weighted by atomic mass is 35.5. The second kappa shape index (κ2) is 16.0. The van der Waals surface area contributed by atoms with Gasteiger partial charge in [-0.05, 0) is 68.3 Å². The van der Waals surface area contributed by atoms with Gasteiger partial charge < -0.3 is 15.0 Å². The molecule has 0 aliphatic carbocycles. The molecule has 1 unspecified atom stereocenters. The minimum absolute atomic E-state index is 0.00839. The van der Waals surface area contributed by atoms with E-state index in [9.17, 15) is 18.0 Å². The van der Waals surface area contributed by atoms with Crippen molar-refractivity contribution in [2.45, 2.75) is 44.7 Å². The van der Waals surface area contributed by atoms with E-state index in [1.807, 2.05) is 37.3 Å². The second-order valence-electron chi connectivity index (χ2n) is 10.6. The van der Waals surface area contributed by atoms with E-state index in [0.29, 0.717) is 27.9 Å². The number of carbonyl (C=O) groups is 2. The molecule has 1 atom stereocenters. The van der Waals surface area contributed by atoms with Crippen molar-refractivity contribution in [1.82, 2.24) is 10.2 Å². The van der Waals surface area contributed by atoms with Crippen molar-refractivity contribution in [3.63, 3.8) is 0 Å². The lowest BCUT2D eigenvalue weighted by atomic mass is 10.0. The monoisotopic (exact) mass is 681 g/mol. The highest BCUT2D eigenvalue weighted by molar-refractivity contribution is 7.92. The number of hydrogen-bond acceptors (Lipinski definition) is 5. The maximum Gasteiger partial charge on any atom is 0.264 e. The Labute approximate surface area is 280 Å². The number of nitrogens with one attached hydrogen (secondary N) is 1. The van der Waals surface area contributed by atoms with E-state index in [1.165, 1.54) is 17.0 Å². The van der Waals surface area contributed by atoms with Gasteiger partial charge in [0, 0.05) is 29.6 Å². The van der Waals surface area contributed by atoms with Crippen LogP contribution in [-0.2, 0) is 32.6 Å². The standard InChI is InChI=1S/C35H37Cl2N3O5S/c1-4-38-35(42)32(21-26-11-7-6-8-12-26)39(23-27-17-18-28(36)22-30(27)37)34(41)24-40(31-13-9-10-14-33(31)45-5-2)46(43,44)29-19-15-25(3)16-20-29/h6-20,22,32H,4-5,21,23-24H2,1-3H3,(H,38,42). The fourth-order valence-electron chi connectivity index (χ4n) is 4.97. The molecule has 0 aliphatic heterocycles. The molecule has 0 bridgehead atoms. The molecular formula is C35H37Cl2N3O5S. The maximum absolute atomic E-state index is 14.6. The summed E-state index contributed by atoms with van der Waals surface area (Å²) in [6.45, 7) is 5.37. The number of halogens is 2. The first-order chi connectivity index (χ1) is 22.0. The largest absolute Gasteiger partial charge is 0.492 e. The van der Waals surface area contributed by atoms with E-state index >= 15 is 0 Å². The van der Waals surface area contributed by atoms with Crippen molar-refractivity contribution in [2.75, 3.05) is 24.0 Å². The number of sulfonamides is 1. The Balaban J connectivity index is 1.85. The number of amides is 2. The Hall–Kier alpha value is -4.05. The van der Waals surface area contributed by atoms with Gasteiger partial charge in [-0.2, -0.15) is 0 Å². The maximum atomic E-state index is 14.6. The lowest BCUT2D eigenvalue weighted by molar-refractivity contribution is -0.140. The van der Waals surface area contributed by atoms with E-state index in [4.69, 9.17) is 27.9 Å². The van der Waals surface area contributed by atoms with Gasteiger partial charge >= 0.3 is 0 Å². The first-order valence-corrected chi connectivity index (χ1v) is 17.1. The van der Waals surface area contributed by atoms with E-state index in [1.54, 1.807) is 68.4 Å². The predicted octanol–water partition coefficient (Wildman–Crippen LogP) is 6.67. The summed E-state index contributed by atoms with van der Waals surface area (Å²) in [5.41, 5.74) is 2.45. The number of hydrogen-bond donors (Lipinski definition) is 1. The van der Waals surface area contributed by atoms with Gasteiger partial charge in [0.15, 0.2) is 0 Å². The quantitative estimate of drug-likeness (QED) is 0.160. The summed E-state index contributed by atoms with van der Waals surface area (Å²) in [4.78, 5) is 29.6. The van der Waals surface area contributed by atoms with Crippen molar-refractivity contribution >= 4 is 50.7 Å². The van der Waals surface area contributed by atoms with Crippen LogP contribution in [0.25, 0.3) is 0 Å². The van der Waals surface area contributed by atoms with Crippen LogP contribution in [0, 0.1) is 6.92 Å².